The number of amides is 1. The number of rotatable bonds is 3. The molecule has 0 unspecified atom stereocenters. The molecule has 0 aromatic carbocycles. The molecular formula is C16H23NO3S. The minimum Gasteiger partial charge on any atom is -0.381 e. The second kappa shape index (κ2) is 5.71. The monoisotopic (exact) mass is 309 g/mol. The van der Waals surface area contributed by atoms with Crippen LogP contribution in [0.1, 0.15) is 40.2 Å². The Balaban J connectivity index is 1.84. The third kappa shape index (κ3) is 2.51. The Morgan fingerprint density at radius 2 is 2.19 bits per heavy atom. The molecule has 2 heterocycles. The smallest absolute Gasteiger partial charge is 0.264 e. The van der Waals surface area contributed by atoms with Crippen LogP contribution in [0.25, 0.3) is 0 Å². The summed E-state index contributed by atoms with van der Waals surface area (Å²) in [5.41, 5.74) is -0.170. The highest BCUT2D eigenvalue weighted by atomic mass is 32.1. The van der Waals surface area contributed by atoms with E-state index < -0.39 is 0 Å². The van der Waals surface area contributed by atoms with Crippen molar-refractivity contribution in [3.63, 3.8) is 0 Å². The van der Waals surface area contributed by atoms with Gasteiger partial charge in [0.25, 0.3) is 5.91 Å². The van der Waals surface area contributed by atoms with Crippen LogP contribution in [0.3, 0.4) is 0 Å². The van der Waals surface area contributed by atoms with E-state index in [1.165, 1.54) is 4.88 Å². The molecule has 0 bridgehead atoms. The summed E-state index contributed by atoms with van der Waals surface area (Å²) >= 11 is 1.57. The van der Waals surface area contributed by atoms with Crippen molar-refractivity contribution in [1.82, 2.24) is 4.90 Å². The number of hydrogen-bond acceptors (Lipinski definition) is 4. The fourth-order valence-electron chi connectivity index (χ4n) is 3.81. The molecule has 1 aliphatic heterocycles. The van der Waals surface area contributed by atoms with Crippen molar-refractivity contribution < 1.29 is 14.3 Å². The van der Waals surface area contributed by atoms with E-state index in [0.717, 1.165) is 37.1 Å². The minimum absolute atomic E-state index is 0.135. The van der Waals surface area contributed by atoms with Gasteiger partial charge in [-0.3, -0.25) is 4.79 Å². The van der Waals surface area contributed by atoms with Crippen molar-refractivity contribution in [3.8, 4) is 0 Å². The largest absolute Gasteiger partial charge is 0.381 e. The van der Waals surface area contributed by atoms with Gasteiger partial charge < -0.3 is 14.4 Å². The van der Waals surface area contributed by atoms with Gasteiger partial charge in [0.15, 0.2) is 0 Å². The molecule has 1 aliphatic carbocycles. The Bertz CT molecular complexity index is 529. The van der Waals surface area contributed by atoms with E-state index in [-0.39, 0.29) is 23.7 Å². The Morgan fingerprint density at radius 1 is 1.38 bits per heavy atom. The first-order chi connectivity index (χ1) is 10.1. The number of methoxy groups -OCH3 is 2. The minimum atomic E-state index is -0.170. The quantitative estimate of drug-likeness (QED) is 0.862. The molecule has 1 saturated carbocycles. The van der Waals surface area contributed by atoms with Crippen LogP contribution in [0.5, 0.6) is 0 Å². The van der Waals surface area contributed by atoms with Crippen molar-refractivity contribution in [2.45, 2.75) is 50.4 Å². The van der Waals surface area contributed by atoms with E-state index in [0.29, 0.717) is 0 Å². The van der Waals surface area contributed by atoms with Crippen LogP contribution >= 0.6 is 11.3 Å². The Labute approximate surface area is 130 Å². The summed E-state index contributed by atoms with van der Waals surface area (Å²) in [6.45, 7) is 2.82. The molecule has 1 amide bonds. The first-order valence-corrected chi connectivity index (χ1v) is 8.36. The maximum atomic E-state index is 12.8. The number of nitrogens with zero attached hydrogens (tertiary/aromatic N) is 1. The summed E-state index contributed by atoms with van der Waals surface area (Å²) in [4.78, 5) is 16.8. The van der Waals surface area contributed by atoms with Crippen molar-refractivity contribution in [2.75, 3.05) is 20.8 Å². The van der Waals surface area contributed by atoms with Gasteiger partial charge in [-0.2, -0.15) is 0 Å². The lowest BCUT2D eigenvalue weighted by atomic mass is 9.79. The molecule has 1 saturated heterocycles. The van der Waals surface area contributed by atoms with E-state index in [2.05, 4.69) is 0 Å². The highest BCUT2D eigenvalue weighted by molar-refractivity contribution is 7.13. The van der Waals surface area contributed by atoms with Gasteiger partial charge in [-0.05, 0) is 44.7 Å². The standard InChI is InChI=1S/C16H23NO3S/c1-11-4-5-13(21-11)15(18)17-9-8-16(20-3)7-6-12(19-2)10-14(16)17/h4-5,12,14H,6-10H2,1-3H3/t12-,14+,16-/m1/s1. The SMILES string of the molecule is CO[C@@H]1CC[C@@]2(OC)CCN(C(=O)c3ccc(C)s3)[C@H]2C1. The number of aryl methyl sites for hydroxylation is 1. The van der Waals surface area contributed by atoms with Crippen molar-refractivity contribution in [2.24, 2.45) is 0 Å². The van der Waals surface area contributed by atoms with Crippen molar-refractivity contribution in [1.29, 1.82) is 0 Å². The summed E-state index contributed by atoms with van der Waals surface area (Å²) in [6, 6.07) is 4.08. The average Bonchev–Trinajstić information content (AvgIpc) is 3.10. The van der Waals surface area contributed by atoms with Gasteiger partial charge in [-0.15, -0.1) is 11.3 Å². The van der Waals surface area contributed by atoms with Crippen LogP contribution in [0.4, 0.5) is 0 Å². The highest BCUT2D eigenvalue weighted by Crippen LogP contribution is 2.43. The molecule has 21 heavy (non-hydrogen) atoms. The molecule has 0 radical (unpaired) electrons. The van der Waals surface area contributed by atoms with Crippen molar-refractivity contribution >= 4 is 17.2 Å². The molecule has 4 nitrogen and oxygen atoms in total. The molecule has 1 aromatic heterocycles. The lowest BCUT2D eigenvalue weighted by Crippen LogP contribution is -2.53. The Morgan fingerprint density at radius 3 is 2.81 bits per heavy atom. The Kier molecular flexibility index (Phi) is 4.08. The maximum absolute atomic E-state index is 12.8. The molecule has 5 heteroatoms. The average molecular weight is 309 g/mol. The fourth-order valence-corrected chi connectivity index (χ4v) is 4.63. The molecule has 2 aliphatic rings. The molecule has 116 valence electrons. The van der Waals surface area contributed by atoms with Crippen LogP contribution in [-0.2, 0) is 9.47 Å². The number of fused-ring (bicyclic) bond motifs is 1. The summed E-state index contributed by atoms with van der Waals surface area (Å²) < 4.78 is 11.4. The van der Waals surface area contributed by atoms with Crippen molar-refractivity contribution in [3.05, 3.63) is 21.9 Å². The maximum Gasteiger partial charge on any atom is 0.264 e. The summed E-state index contributed by atoms with van der Waals surface area (Å²) in [7, 11) is 3.54. The van der Waals surface area contributed by atoms with Crippen LogP contribution in [0, 0.1) is 6.92 Å². The highest BCUT2D eigenvalue weighted by Gasteiger charge is 2.52. The first-order valence-electron chi connectivity index (χ1n) is 7.55. The fraction of sp³-hybridized carbons (Fsp3) is 0.688. The normalized spacial score (nSPS) is 32.2. The zero-order valence-corrected chi connectivity index (χ0v) is 13.7. The molecule has 0 N–H and O–H groups in total. The van der Waals surface area contributed by atoms with E-state index in [1.54, 1.807) is 25.6 Å². The van der Waals surface area contributed by atoms with Gasteiger partial charge in [0.1, 0.15) is 0 Å². The third-order valence-electron chi connectivity index (χ3n) is 5.09. The zero-order valence-electron chi connectivity index (χ0n) is 12.9. The molecule has 3 rings (SSSR count). The molecule has 0 spiro atoms. The van der Waals surface area contributed by atoms with Gasteiger partial charge in [0, 0.05) is 25.6 Å². The second-order valence-electron chi connectivity index (χ2n) is 6.08. The number of carbonyl (C=O) groups is 1. The number of carbonyl (C=O) groups excluding carboxylic acids is 1. The van der Waals surface area contributed by atoms with Crippen LogP contribution in [0.15, 0.2) is 12.1 Å². The summed E-state index contributed by atoms with van der Waals surface area (Å²) in [5.74, 6) is 0.147. The number of hydrogen-bond donors (Lipinski definition) is 0. The topological polar surface area (TPSA) is 38.8 Å². The van der Waals surface area contributed by atoms with E-state index in [4.69, 9.17) is 9.47 Å². The third-order valence-corrected chi connectivity index (χ3v) is 6.08. The second-order valence-corrected chi connectivity index (χ2v) is 7.36. The van der Waals surface area contributed by atoms with Gasteiger partial charge in [0.05, 0.1) is 22.6 Å². The predicted molar refractivity (Wildman–Crippen MR) is 82.9 cm³/mol. The van der Waals surface area contributed by atoms with Gasteiger partial charge in [-0.1, -0.05) is 0 Å². The van der Waals surface area contributed by atoms with Gasteiger partial charge in [0.2, 0.25) is 0 Å². The van der Waals surface area contributed by atoms with E-state index in [9.17, 15) is 4.79 Å². The van der Waals surface area contributed by atoms with Crippen LogP contribution in [-0.4, -0.2) is 49.3 Å². The van der Waals surface area contributed by atoms with E-state index in [1.807, 2.05) is 24.0 Å². The summed E-state index contributed by atoms with van der Waals surface area (Å²) in [5, 5.41) is 0. The van der Waals surface area contributed by atoms with Crippen LogP contribution in [0.2, 0.25) is 0 Å². The van der Waals surface area contributed by atoms with Gasteiger partial charge in [-0.25, -0.2) is 0 Å². The number of thiophene rings is 1. The molecule has 2 fully saturated rings. The molecule has 3 atom stereocenters. The van der Waals surface area contributed by atoms with Gasteiger partial charge >= 0.3 is 0 Å². The molecule has 1 aromatic rings. The lowest BCUT2D eigenvalue weighted by molar-refractivity contribution is -0.0893. The van der Waals surface area contributed by atoms with Crippen LogP contribution < -0.4 is 0 Å². The summed E-state index contributed by atoms with van der Waals surface area (Å²) in [6.07, 6.45) is 4.03. The molecular weight excluding hydrogens is 286 g/mol. The lowest BCUT2D eigenvalue weighted by Gasteiger charge is -2.43. The number of likely N-dealkylation sites (tertiary alicyclic amines) is 1. The number of ether oxygens (including phenoxy) is 2. The van der Waals surface area contributed by atoms with E-state index >= 15 is 0 Å². The first kappa shape index (κ1) is 15.0. The predicted octanol–water partition coefficient (Wildman–Crippen LogP) is 2.86. The Hall–Kier alpha value is -0.910. The zero-order chi connectivity index (χ0) is 15.0.